The van der Waals surface area contributed by atoms with Gasteiger partial charge in [0.15, 0.2) is 5.82 Å². The zero-order valence-electron chi connectivity index (χ0n) is 9.53. The second kappa shape index (κ2) is 4.48. The Kier molecular flexibility index (Phi) is 2.69. The van der Waals surface area contributed by atoms with Crippen LogP contribution in [0.5, 0.6) is 0 Å². The Morgan fingerprint density at radius 3 is 2.53 bits per heavy atom. The van der Waals surface area contributed by atoms with Crippen molar-refractivity contribution in [2.24, 2.45) is 0 Å². The van der Waals surface area contributed by atoms with E-state index in [1.807, 2.05) is 6.07 Å². The van der Waals surface area contributed by atoms with Crippen molar-refractivity contribution in [2.45, 2.75) is 19.3 Å². The average molecular weight is 230 g/mol. The van der Waals surface area contributed by atoms with Crippen molar-refractivity contribution in [3.8, 4) is 5.82 Å². The third kappa shape index (κ3) is 2.11. The molecule has 0 atom stereocenters. The van der Waals surface area contributed by atoms with Gasteiger partial charge in [-0.15, -0.1) is 0 Å². The first-order chi connectivity index (χ1) is 8.43. The fourth-order valence-corrected chi connectivity index (χ4v) is 2.08. The van der Waals surface area contributed by atoms with Gasteiger partial charge in [-0.2, -0.15) is 5.10 Å². The number of anilines is 1. The van der Waals surface area contributed by atoms with Crippen molar-refractivity contribution in [1.82, 2.24) is 24.7 Å². The lowest BCUT2D eigenvalue weighted by Crippen LogP contribution is -2.30. The predicted octanol–water partition coefficient (Wildman–Crippen LogP) is 1.05. The molecule has 0 spiro atoms. The molecule has 2 aromatic heterocycles. The highest BCUT2D eigenvalue weighted by Crippen LogP contribution is 2.18. The summed E-state index contributed by atoms with van der Waals surface area (Å²) in [4.78, 5) is 14.7. The molecule has 17 heavy (non-hydrogen) atoms. The van der Waals surface area contributed by atoms with Gasteiger partial charge in [0.25, 0.3) is 0 Å². The summed E-state index contributed by atoms with van der Waals surface area (Å²) in [5, 5.41) is 4.07. The Morgan fingerprint density at radius 2 is 1.76 bits per heavy atom. The van der Waals surface area contributed by atoms with Gasteiger partial charge in [-0.05, 0) is 19.3 Å². The second-order valence-electron chi connectivity index (χ2n) is 4.12. The normalized spacial score (nSPS) is 16.1. The molecule has 0 N–H and O–H groups in total. The van der Waals surface area contributed by atoms with E-state index in [2.05, 4.69) is 25.0 Å². The first-order valence-corrected chi connectivity index (χ1v) is 5.85. The minimum atomic E-state index is 0.762. The Balaban J connectivity index is 1.88. The van der Waals surface area contributed by atoms with Crippen LogP contribution in [-0.4, -0.2) is 37.8 Å². The van der Waals surface area contributed by atoms with Crippen LogP contribution in [0.15, 0.2) is 25.0 Å². The Bertz CT molecular complexity index is 474. The van der Waals surface area contributed by atoms with Gasteiger partial charge in [0.1, 0.15) is 24.8 Å². The fourth-order valence-electron chi connectivity index (χ4n) is 2.08. The van der Waals surface area contributed by atoms with E-state index in [0.717, 1.165) is 24.7 Å². The van der Waals surface area contributed by atoms with E-state index in [-0.39, 0.29) is 0 Å². The van der Waals surface area contributed by atoms with Crippen molar-refractivity contribution in [3.05, 3.63) is 25.0 Å². The summed E-state index contributed by atoms with van der Waals surface area (Å²) in [6.07, 6.45) is 8.52. The van der Waals surface area contributed by atoms with E-state index in [1.54, 1.807) is 17.3 Å². The van der Waals surface area contributed by atoms with Gasteiger partial charge in [0.05, 0.1) is 0 Å². The van der Waals surface area contributed by atoms with Gasteiger partial charge in [0.2, 0.25) is 0 Å². The number of piperidine rings is 1. The third-order valence-electron chi connectivity index (χ3n) is 2.97. The van der Waals surface area contributed by atoms with E-state index in [1.165, 1.54) is 25.6 Å². The van der Waals surface area contributed by atoms with Gasteiger partial charge in [-0.3, -0.25) is 0 Å². The van der Waals surface area contributed by atoms with Crippen LogP contribution in [0.3, 0.4) is 0 Å². The maximum atomic E-state index is 4.33. The average Bonchev–Trinajstić information content (AvgIpc) is 2.94. The summed E-state index contributed by atoms with van der Waals surface area (Å²) < 4.78 is 1.65. The molecule has 88 valence electrons. The van der Waals surface area contributed by atoms with Crippen molar-refractivity contribution in [3.63, 3.8) is 0 Å². The van der Waals surface area contributed by atoms with Crippen LogP contribution in [0.2, 0.25) is 0 Å². The van der Waals surface area contributed by atoms with Crippen molar-refractivity contribution in [1.29, 1.82) is 0 Å². The molecule has 6 heteroatoms. The van der Waals surface area contributed by atoms with E-state index < -0.39 is 0 Å². The molecule has 0 bridgehead atoms. The number of nitrogens with zero attached hydrogens (tertiary/aromatic N) is 6. The van der Waals surface area contributed by atoms with Gasteiger partial charge in [-0.25, -0.2) is 19.6 Å². The van der Waals surface area contributed by atoms with Crippen LogP contribution >= 0.6 is 0 Å². The Morgan fingerprint density at radius 1 is 0.941 bits per heavy atom. The molecular weight excluding hydrogens is 216 g/mol. The maximum absolute atomic E-state index is 4.33. The van der Waals surface area contributed by atoms with Crippen molar-refractivity contribution >= 4 is 5.82 Å². The highest BCUT2D eigenvalue weighted by molar-refractivity contribution is 5.43. The number of hydrogen-bond acceptors (Lipinski definition) is 5. The van der Waals surface area contributed by atoms with Gasteiger partial charge in [0, 0.05) is 19.2 Å². The minimum absolute atomic E-state index is 0.762. The SMILES string of the molecule is c1nc(N2CCCCC2)cc(-n2cncn2)n1. The van der Waals surface area contributed by atoms with Gasteiger partial charge < -0.3 is 4.90 Å². The molecule has 1 fully saturated rings. The van der Waals surface area contributed by atoms with Crippen LogP contribution in [0.4, 0.5) is 5.82 Å². The monoisotopic (exact) mass is 230 g/mol. The molecule has 6 nitrogen and oxygen atoms in total. The maximum Gasteiger partial charge on any atom is 0.160 e. The molecular formula is C11H14N6. The lowest BCUT2D eigenvalue weighted by molar-refractivity contribution is 0.572. The van der Waals surface area contributed by atoms with Crippen LogP contribution in [-0.2, 0) is 0 Å². The lowest BCUT2D eigenvalue weighted by Gasteiger charge is -2.27. The molecule has 1 saturated heterocycles. The van der Waals surface area contributed by atoms with Crippen molar-refractivity contribution < 1.29 is 0 Å². The number of aromatic nitrogens is 5. The standard InChI is InChI=1S/C11H14N6/c1-2-4-16(5-3-1)10-6-11(14-8-13-10)17-9-12-7-15-17/h6-9H,1-5H2. The summed E-state index contributed by atoms with van der Waals surface area (Å²) in [6.45, 7) is 2.15. The lowest BCUT2D eigenvalue weighted by atomic mass is 10.1. The summed E-state index contributed by atoms with van der Waals surface area (Å²) >= 11 is 0. The topological polar surface area (TPSA) is 59.7 Å². The number of rotatable bonds is 2. The van der Waals surface area contributed by atoms with E-state index in [4.69, 9.17) is 0 Å². The molecule has 3 heterocycles. The molecule has 2 aromatic rings. The van der Waals surface area contributed by atoms with Gasteiger partial charge >= 0.3 is 0 Å². The van der Waals surface area contributed by atoms with Crippen LogP contribution in [0.25, 0.3) is 5.82 Å². The zero-order valence-corrected chi connectivity index (χ0v) is 9.53. The highest BCUT2D eigenvalue weighted by Gasteiger charge is 2.13. The summed E-state index contributed by atoms with van der Waals surface area (Å²) in [7, 11) is 0. The summed E-state index contributed by atoms with van der Waals surface area (Å²) in [5.41, 5.74) is 0. The van der Waals surface area contributed by atoms with E-state index in [9.17, 15) is 0 Å². The van der Waals surface area contributed by atoms with E-state index >= 15 is 0 Å². The minimum Gasteiger partial charge on any atom is -0.356 e. The first kappa shape index (κ1) is 10.2. The summed E-state index contributed by atoms with van der Waals surface area (Å²) in [6, 6.07) is 1.96. The van der Waals surface area contributed by atoms with Crippen molar-refractivity contribution in [2.75, 3.05) is 18.0 Å². The molecule has 0 aromatic carbocycles. The van der Waals surface area contributed by atoms with Crippen LogP contribution in [0.1, 0.15) is 19.3 Å². The molecule has 1 aliphatic rings. The first-order valence-electron chi connectivity index (χ1n) is 5.85. The molecule has 0 radical (unpaired) electrons. The predicted molar refractivity (Wildman–Crippen MR) is 63.0 cm³/mol. The third-order valence-corrected chi connectivity index (χ3v) is 2.97. The second-order valence-corrected chi connectivity index (χ2v) is 4.12. The van der Waals surface area contributed by atoms with Crippen LogP contribution < -0.4 is 4.90 Å². The molecule has 0 saturated carbocycles. The highest BCUT2D eigenvalue weighted by atomic mass is 15.3. The fraction of sp³-hybridized carbons (Fsp3) is 0.455. The number of hydrogen-bond donors (Lipinski definition) is 0. The smallest absolute Gasteiger partial charge is 0.160 e. The molecule has 0 aliphatic carbocycles. The molecule has 0 amide bonds. The Labute approximate surface area is 99.3 Å². The van der Waals surface area contributed by atoms with E-state index in [0.29, 0.717) is 0 Å². The largest absolute Gasteiger partial charge is 0.356 e. The van der Waals surface area contributed by atoms with Gasteiger partial charge in [-0.1, -0.05) is 0 Å². The van der Waals surface area contributed by atoms with Crippen LogP contribution in [0, 0.1) is 0 Å². The quantitative estimate of drug-likeness (QED) is 0.771. The molecule has 0 unspecified atom stereocenters. The summed E-state index contributed by atoms with van der Waals surface area (Å²) in [5.74, 6) is 1.74. The Hall–Kier alpha value is -1.98. The molecule has 1 aliphatic heterocycles. The zero-order chi connectivity index (χ0) is 11.5. The molecule has 3 rings (SSSR count).